The van der Waals surface area contributed by atoms with E-state index < -0.39 is 11.7 Å². The lowest BCUT2D eigenvalue weighted by Gasteiger charge is -2.36. The van der Waals surface area contributed by atoms with E-state index in [4.69, 9.17) is 4.74 Å². The van der Waals surface area contributed by atoms with Crippen molar-refractivity contribution < 1.29 is 18.7 Å². The van der Waals surface area contributed by atoms with Gasteiger partial charge in [-0.15, -0.1) is 11.3 Å². The fourth-order valence-corrected chi connectivity index (χ4v) is 7.12. The van der Waals surface area contributed by atoms with Crippen LogP contribution in [0.25, 0.3) is 11.1 Å². The molecule has 4 aromatic rings. The number of ether oxygens (including phenoxy) is 1. The number of aryl methyl sites for hydroxylation is 1. The van der Waals surface area contributed by atoms with Gasteiger partial charge in [0.15, 0.2) is 0 Å². The Balaban J connectivity index is 1.06. The summed E-state index contributed by atoms with van der Waals surface area (Å²) in [6.45, 7) is 9.27. The average molecular weight is 657 g/mol. The number of aromatic nitrogens is 2. The Labute approximate surface area is 279 Å². The maximum Gasteiger partial charge on any atom is 0.270 e. The van der Waals surface area contributed by atoms with E-state index in [9.17, 15) is 14.0 Å². The van der Waals surface area contributed by atoms with Crippen LogP contribution in [0, 0.1) is 12.7 Å². The fraction of sp³-hybridized carbons (Fsp3) is 0.389. The smallest absolute Gasteiger partial charge is 0.270 e. The van der Waals surface area contributed by atoms with Crippen molar-refractivity contribution in [1.29, 1.82) is 0 Å². The number of hydrogen-bond donors (Lipinski definition) is 3. The van der Waals surface area contributed by atoms with E-state index in [1.807, 2.05) is 25.1 Å². The molecule has 3 heterocycles. The average Bonchev–Trinajstić information content (AvgIpc) is 3.49. The molecule has 246 valence electrons. The van der Waals surface area contributed by atoms with E-state index in [1.165, 1.54) is 16.9 Å². The molecular formula is C36H41FN6O3S. The first kappa shape index (κ1) is 32.7. The summed E-state index contributed by atoms with van der Waals surface area (Å²) in [7, 11) is 0. The molecule has 2 aromatic carbocycles. The van der Waals surface area contributed by atoms with E-state index in [0.29, 0.717) is 49.2 Å². The third-order valence-corrected chi connectivity index (χ3v) is 9.46. The third-order valence-electron chi connectivity index (χ3n) is 8.69. The molecule has 11 heteroatoms. The van der Waals surface area contributed by atoms with Gasteiger partial charge in [-0.2, -0.15) is 0 Å². The molecule has 2 aliphatic rings. The van der Waals surface area contributed by atoms with Gasteiger partial charge in [-0.3, -0.25) is 14.5 Å². The number of piperazine rings is 1. The minimum Gasteiger partial charge on any atom is -0.438 e. The highest BCUT2D eigenvalue weighted by molar-refractivity contribution is 7.09. The number of thiazole rings is 1. The molecule has 2 amide bonds. The van der Waals surface area contributed by atoms with Gasteiger partial charge in [0.2, 0.25) is 5.88 Å². The van der Waals surface area contributed by atoms with Crippen LogP contribution in [0.1, 0.15) is 70.9 Å². The molecule has 2 fully saturated rings. The van der Waals surface area contributed by atoms with E-state index in [0.717, 1.165) is 48.0 Å². The second-order valence-corrected chi connectivity index (χ2v) is 13.8. The number of carbonyl (C=O) groups excluding carboxylic acids is 2. The number of hydrogen-bond acceptors (Lipinski definition) is 8. The lowest BCUT2D eigenvalue weighted by molar-refractivity contribution is 0.0888. The second kappa shape index (κ2) is 14.7. The highest BCUT2D eigenvalue weighted by atomic mass is 32.1. The number of amides is 2. The van der Waals surface area contributed by atoms with Gasteiger partial charge in [0.25, 0.3) is 11.8 Å². The first-order valence-corrected chi connectivity index (χ1v) is 17.1. The van der Waals surface area contributed by atoms with Crippen LogP contribution >= 0.6 is 11.3 Å². The number of carbonyl (C=O) groups is 2. The molecule has 6 rings (SSSR count). The molecule has 0 bridgehead atoms. The van der Waals surface area contributed by atoms with Gasteiger partial charge in [-0.1, -0.05) is 36.4 Å². The van der Waals surface area contributed by atoms with Crippen LogP contribution in [0.2, 0.25) is 0 Å². The van der Waals surface area contributed by atoms with E-state index >= 15 is 0 Å². The molecule has 1 aliphatic heterocycles. The van der Waals surface area contributed by atoms with Crippen LogP contribution in [-0.4, -0.2) is 63.9 Å². The standard InChI is InChI=1S/C36H41FN6O3S/c1-22-18-43(19-23(2)39-22)20-25-7-9-26(10-8-25)27-5-4-6-31(15-27)46-36-32(16-28(37)17-38-36)34(44)41-29-11-13-30(14-12-29)42-35(45)33-21-47-24(3)40-33/h4-10,15-17,21-23,29-30,39H,11-14,18-20H2,1-3H3,(H,41,44)(H,42,45)/t22-,23+,29-,30-. The largest absolute Gasteiger partial charge is 0.438 e. The molecule has 2 aromatic heterocycles. The minimum absolute atomic E-state index is 0.00993. The van der Waals surface area contributed by atoms with Crippen molar-refractivity contribution in [3.05, 3.63) is 93.8 Å². The number of benzene rings is 2. The van der Waals surface area contributed by atoms with Crippen molar-refractivity contribution in [1.82, 2.24) is 30.8 Å². The lowest BCUT2D eigenvalue weighted by Crippen LogP contribution is -2.53. The van der Waals surface area contributed by atoms with E-state index in [-0.39, 0.29) is 29.4 Å². The third kappa shape index (κ3) is 8.59. The van der Waals surface area contributed by atoms with Crippen molar-refractivity contribution >= 4 is 23.2 Å². The number of nitrogens with zero attached hydrogens (tertiary/aromatic N) is 3. The molecular weight excluding hydrogens is 616 g/mol. The molecule has 0 spiro atoms. The van der Waals surface area contributed by atoms with E-state index in [1.54, 1.807) is 11.4 Å². The molecule has 0 unspecified atom stereocenters. The monoisotopic (exact) mass is 656 g/mol. The highest BCUT2D eigenvalue weighted by Crippen LogP contribution is 2.29. The van der Waals surface area contributed by atoms with Crippen molar-refractivity contribution in [2.75, 3.05) is 13.1 Å². The maximum atomic E-state index is 14.3. The van der Waals surface area contributed by atoms with E-state index in [2.05, 4.69) is 68.9 Å². The second-order valence-electron chi connectivity index (χ2n) is 12.7. The van der Waals surface area contributed by atoms with Gasteiger partial charge in [-0.25, -0.2) is 14.4 Å². The lowest BCUT2D eigenvalue weighted by atomic mass is 9.91. The van der Waals surface area contributed by atoms with Crippen molar-refractivity contribution in [2.24, 2.45) is 0 Å². The van der Waals surface area contributed by atoms with Crippen LogP contribution < -0.4 is 20.7 Å². The highest BCUT2D eigenvalue weighted by Gasteiger charge is 2.26. The first-order chi connectivity index (χ1) is 22.7. The van der Waals surface area contributed by atoms with Crippen molar-refractivity contribution in [3.63, 3.8) is 0 Å². The van der Waals surface area contributed by atoms with Crippen LogP contribution in [-0.2, 0) is 6.54 Å². The normalized spacial score (nSPS) is 21.6. The predicted molar refractivity (Wildman–Crippen MR) is 181 cm³/mol. The molecule has 1 saturated heterocycles. The summed E-state index contributed by atoms with van der Waals surface area (Å²) < 4.78 is 20.4. The van der Waals surface area contributed by atoms with Crippen LogP contribution in [0.15, 0.2) is 66.2 Å². The van der Waals surface area contributed by atoms with Crippen LogP contribution in [0.4, 0.5) is 4.39 Å². The number of rotatable bonds is 9. The molecule has 1 aliphatic carbocycles. The van der Waals surface area contributed by atoms with Crippen molar-refractivity contribution in [2.45, 2.75) is 77.2 Å². The van der Waals surface area contributed by atoms with Gasteiger partial charge in [-0.05, 0) is 81.3 Å². The summed E-state index contributed by atoms with van der Waals surface area (Å²) in [5.74, 6) is -0.710. The number of nitrogens with one attached hydrogen (secondary N) is 3. The quantitative estimate of drug-likeness (QED) is 0.200. The van der Waals surface area contributed by atoms with Gasteiger partial charge in [0.1, 0.15) is 22.8 Å². The maximum absolute atomic E-state index is 14.3. The molecule has 1 saturated carbocycles. The topological polar surface area (TPSA) is 108 Å². The SMILES string of the molecule is Cc1nc(C(=O)N[C@H]2CC[C@H](NC(=O)c3cc(F)cnc3Oc3cccc(-c4ccc(CN5C[C@@H](C)N[C@@H](C)C5)cc4)c3)CC2)cs1. The Bertz CT molecular complexity index is 1700. The van der Waals surface area contributed by atoms with Gasteiger partial charge < -0.3 is 20.7 Å². The van der Waals surface area contributed by atoms with Gasteiger partial charge >= 0.3 is 0 Å². The van der Waals surface area contributed by atoms with Gasteiger partial charge in [0.05, 0.1) is 11.2 Å². The molecule has 3 N–H and O–H groups in total. The minimum atomic E-state index is -0.621. The molecule has 2 atom stereocenters. The summed E-state index contributed by atoms with van der Waals surface area (Å²) in [4.78, 5) is 36.7. The predicted octanol–water partition coefficient (Wildman–Crippen LogP) is 6.10. The Morgan fingerprint density at radius 2 is 1.64 bits per heavy atom. The number of halogens is 1. The summed E-state index contributed by atoms with van der Waals surface area (Å²) in [6.07, 6.45) is 3.84. The zero-order chi connectivity index (χ0) is 32.9. The summed E-state index contributed by atoms with van der Waals surface area (Å²) in [5.41, 5.74) is 3.73. The first-order valence-electron chi connectivity index (χ1n) is 16.2. The summed E-state index contributed by atoms with van der Waals surface area (Å²) in [6, 6.07) is 18.1. The summed E-state index contributed by atoms with van der Waals surface area (Å²) >= 11 is 1.44. The summed E-state index contributed by atoms with van der Waals surface area (Å²) in [5, 5.41) is 12.2. The Morgan fingerprint density at radius 1 is 0.957 bits per heavy atom. The number of pyridine rings is 1. The van der Waals surface area contributed by atoms with Crippen LogP contribution in [0.3, 0.4) is 0 Å². The Morgan fingerprint density at radius 3 is 2.30 bits per heavy atom. The van der Waals surface area contributed by atoms with Gasteiger partial charge in [0, 0.05) is 49.2 Å². The molecule has 0 radical (unpaired) electrons. The molecule has 9 nitrogen and oxygen atoms in total. The Hall–Kier alpha value is -4.19. The van der Waals surface area contributed by atoms with Crippen LogP contribution in [0.5, 0.6) is 11.6 Å². The van der Waals surface area contributed by atoms with Crippen molar-refractivity contribution in [3.8, 4) is 22.8 Å². The fourth-order valence-electron chi connectivity index (χ4n) is 6.52. The molecule has 47 heavy (non-hydrogen) atoms. The zero-order valence-corrected chi connectivity index (χ0v) is 27.8. The zero-order valence-electron chi connectivity index (χ0n) is 27.0. The Kier molecular flexibility index (Phi) is 10.2.